The first kappa shape index (κ1) is 43.3. The van der Waals surface area contributed by atoms with Gasteiger partial charge in [-0.25, -0.2) is 0 Å². The fraction of sp³-hybridized carbons (Fsp3) is 0.111. The number of thiophene rings is 8. The maximum absolute atomic E-state index is 7.48. The molecule has 0 aliphatic heterocycles. The van der Waals surface area contributed by atoms with Gasteiger partial charge in [0.05, 0.1) is 33.4 Å². The molecule has 0 amide bonds. The Bertz CT molecular complexity index is 4380. The average molecular weight is 1090 g/mol. The molecule has 4 aromatic carbocycles. The van der Waals surface area contributed by atoms with Gasteiger partial charge < -0.3 is 0 Å². The predicted molar refractivity (Wildman–Crippen MR) is 313 cm³/mol. The number of halogens is 1. The summed E-state index contributed by atoms with van der Waals surface area (Å²) in [7, 11) is 0. The van der Waals surface area contributed by atoms with Crippen LogP contribution in [0, 0.1) is 41.5 Å². The molecule has 69 heavy (non-hydrogen) atoms. The topological polar surface area (TPSA) is 51.6 Å². The van der Waals surface area contributed by atoms with Crippen LogP contribution in [-0.4, -0.2) is 17.5 Å². The van der Waals surface area contributed by atoms with Crippen molar-refractivity contribution in [1.82, 2.24) is 17.5 Å². The molecule has 0 spiro atoms. The average Bonchev–Trinajstić information content (AvgIpc) is 4.19. The van der Waals surface area contributed by atoms with Gasteiger partial charge in [0.25, 0.3) is 0 Å². The Morgan fingerprint density at radius 1 is 0.333 bits per heavy atom. The number of aryl methyl sites for hydroxylation is 6. The van der Waals surface area contributed by atoms with Crippen LogP contribution in [0.3, 0.4) is 0 Å². The van der Waals surface area contributed by atoms with Gasteiger partial charge in [0.2, 0.25) is 0 Å². The number of nitrogens with zero attached hydrogens (tertiary/aromatic N) is 4. The molecule has 0 aliphatic rings. The summed E-state index contributed by atoms with van der Waals surface area (Å²) in [6.45, 7) is 13.4. The van der Waals surface area contributed by atoms with E-state index in [-0.39, 0.29) is 0 Å². The van der Waals surface area contributed by atoms with Gasteiger partial charge in [0.1, 0.15) is 22.1 Å². The van der Waals surface area contributed by atoms with Gasteiger partial charge in [-0.1, -0.05) is 35.9 Å². The van der Waals surface area contributed by atoms with Crippen LogP contribution >= 0.6 is 126 Å². The van der Waals surface area contributed by atoms with Gasteiger partial charge in [-0.3, -0.25) is 0 Å². The van der Waals surface area contributed by atoms with Crippen molar-refractivity contribution in [3.8, 4) is 71.0 Å². The summed E-state index contributed by atoms with van der Waals surface area (Å²) in [5.74, 6) is 0. The highest BCUT2D eigenvalue weighted by Gasteiger charge is 2.25. The third kappa shape index (κ3) is 6.68. The number of rotatable bonds is 7. The molecule has 0 atom stereocenters. The highest BCUT2D eigenvalue weighted by Crippen LogP contribution is 2.53. The van der Waals surface area contributed by atoms with E-state index in [0.29, 0.717) is 0 Å². The number of hydrogen-bond acceptors (Lipinski definition) is 14. The van der Waals surface area contributed by atoms with Crippen LogP contribution in [0.4, 0.5) is 0 Å². The molecule has 0 unspecified atom stereocenters. The Balaban J connectivity index is 0.766. The lowest BCUT2D eigenvalue weighted by atomic mass is 10.0. The van der Waals surface area contributed by atoms with E-state index in [2.05, 4.69) is 133 Å². The van der Waals surface area contributed by atoms with Crippen LogP contribution in [0.2, 0.25) is 5.02 Å². The molecule has 14 rings (SSSR count). The Morgan fingerprint density at radius 2 is 0.739 bits per heavy atom. The summed E-state index contributed by atoms with van der Waals surface area (Å²) in [6, 6.07) is 33.9. The molecular weight excluding hydrogens is 1060 g/mol. The van der Waals surface area contributed by atoms with Gasteiger partial charge in [-0.05, 0) is 147 Å². The predicted octanol–water partition coefficient (Wildman–Crippen LogP) is 21.0. The first-order chi connectivity index (χ1) is 33.6. The molecule has 0 N–H and O–H groups in total. The van der Waals surface area contributed by atoms with E-state index in [4.69, 9.17) is 29.1 Å². The largest absolute Gasteiger partial charge is 0.172 e. The highest BCUT2D eigenvalue weighted by atomic mass is 35.5. The smallest absolute Gasteiger partial charge is 0.114 e. The van der Waals surface area contributed by atoms with Crippen LogP contribution in [0.5, 0.6) is 0 Å². The second kappa shape index (κ2) is 16.2. The third-order valence-corrected chi connectivity index (χ3v) is 24.8. The van der Waals surface area contributed by atoms with Gasteiger partial charge >= 0.3 is 0 Å². The van der Waals surface area contributed by atoms with Gasteiger partial charge in [0, 0.05) is 100 Å². The molecule has 0 bridgehead atoms. The van der Waals surface area contributed by atoms with Gasteiger partial charge in [0.15, 0.2) is 0 Å². The Morgan fingerprint density at radius 3 is 1.25 bits per heavy atom. The quantitative estimate of drug-likeness (QED) is 0.160. The van der Waals surface area contributed by atoms with Gasteiger partial charge in [-0.2, -0.15) is 17.5 Å². The molecule has 15 heteroatoms. The standard InChI is InChI=1S/C54H33ClN4S10/c1-22-7-12-35(60-22)28-8-9-29(47-46(28)56-68-57-47)36-14-17-40(63-36)43-21-34-26(5)53-44(27(6)52(34)66-43)45(55)54(67-53)41-18-15-38(64-41)31-11-10-30(48-49(31)59-69-58-48)37-13-16-39(62-37)42-20-33-25(4)50-32(19-23(2)61-50)24(3)51(33)65-42/h7-21H,1-6H3. The van der Waals surface area contributed by atoms with Crippen molar-refractivity contribution in [2.24, 2.45) is 0 Å². The minimum atomic E-state index is 0.838. The summed E-state index contributed by atoms with van der Waals surface area (Å²) >= 11 is 24.8. The maximum Gasteiger partial charge on any atom is 0.114 e. The SMILES string of the molecule is Cc1ccc(-c2ccc(-c3ccc(-c4cc5c(C)c6sc(-c7ccc(-c8ccc(-c9ccc(-c%10cc%11c(C)c%12sc(C)cc%12c(C)c%11s%10)s9)c9nsnc89)s7)c(Cl)c6c(C)c5s4)s3)c3nsnc23)s1. The van der Waals surface area contributed by atoms with Crippen LogP contribution in [-0.2, 0) is 0 Å². The minimum absolute atomic E-state index is 0.838. The monoisotopic (exact) mass is 1090 g/mol. The number of fused-ring (bicyclic) bond motifs is 6. The molecular formula is C54H33ClN4S10. The van der Waals surface area contributed by atoms with Crippen LogP contribution < -0.4 is 0 Å². The molecule has 10 heterocycles. The normalized spacial score (nSPS) is 12.3. The Labute approximate surface area is 441 Å². The van der Waals surface area contributed by atoms with Crippen molar-refractivity contribution in [3.05, 3.63) is 128 Å². The molecule has 14 aromatic rings. The summed E-state index contributed by atoms with van der Waals surface area (Å²) < 4.78 is 24.7. The van der Waals surface area contributed by atoms with Crippen molar-refractivity contribution >= 4 is 188 Å². The van der Waals surface area contributed by atoms with Crippen LogP contribution in [0.15, 0.2) is 91.0 Å². The van der Waals surface area contributed by atoms with Crippen molar-refractivity contribution < 1.29 is 0 Å². The van der Waals surface area contributed by atoms with Crippen molar-refractivity contribution in [2.75, 3.05) is 0 Å². The molecule has 336 valence electrons. The zero-order chi connectivity index (χ0) is 46.6. The second-order valence-electron chi connectivity index (χ2n) is 17.4. The summed E-state index contributed by atoms with van der Waals surface area (Å²) in [5, 5.41) is 6.08. The minimum Gasteiger partial charge on any atom is -0.172 e. The van der Waals surface area contributed by atoms with Crippen molar-refractivity contribution in [1.29, 1.82) is 0 Å². The highest BCUT2D eigenvalue weighted by molar-refractivity contribution is 7.30. The molecule has 0 fully saturated rings. The molecule has 10 aromatic heterocycles. The van der Waals surface area contributed by atoms with E-state index >= 15 is 0 Å². The van der Waals surface area contributed by atoms with Crippen LogP contribution in [0.25, 0.3) is 133 Å². The fourth-order valence-corrected chi connectivity index (χ4v) is 20.6. The zero-order valence-corrected chi connectivity index (χ0v) is 46.3. The molecule has 0 saturated heterocycles. The molecule has 4 nitrogen and oxygen atoms in total. The first-order valence-corrected chi connectivity index (χ1v) is 30.4. The van der Waals surface area contributed by atoms with Crippen LogP contribution in [0.1, 0.15) is 32.0 Å². The lowest BCUT2D eigenvalue weighted by molar-refractivity contribution is 1.57. The Kier molecular flexibility index (Phi) is 10.2. The molecule has 0 saturated carbocycles. The van der Waals surface area contributed by atoms with E-state index in [1.54, 1.807) is 22.7 Å². The van der Waals surface area contributed by atoms with Crippen molar-refractivity contribution in [2.45, 2.75) is 41.5 Å². The first-order valence-electron chi connectivity index (χ1n) is 22.0. The Hall–Kier alpha value is -4.55. The van der Waals surface area contributed by atoms with E-state index in [9.17, 15) is 0 Å². The summed E-state index contributed by atoms with van der Waals surface area (Å²) in [6.07, 6.45) is 0. The van der Waals surface area contributed by atoms with Gasteiger partial charge in [-0.15, -0.1) is 90.7 Å². The summed E-state index contributed by atoms with van der Waals surface area (Å²) in [5.41, 5.74) is 13.7. The van der Waals surface area contributed by atoms with E-state index in [1.165, 1.54) is 129 Å². The zero-order valence-electron chi connectivity index (χ0n) is 37.4. The number of aromatic nitrogens is 4. The lowest BCUT2D eigenvalue weighted by Gasteiger charge is -2.04. The number of benzene rings is 4. The lowest BCUT2D eigenvalue weighted by Crippen LogP contribution is -1.81. The fourth-order valence-electron chi connectivity index (χ4n) is 9.80. The third-order valence-electron chi connectivity index (χ3n) is 13.3. The van der Waals surface area contributed by atoms with E-state index < -0.39 is 0 Å². The molecule has 0 aliphatic carbocycles. The second-order valence-corrected chi connectivity index (χ2v) is 27.8. The molecule has 0 radical (unpaired) electrons. The van der Waals surface area contributed by atoms with E-state index in [1.807, 2.05) is 68.0 Å². The number of hydrogen-bond donors (Lipinski definition) is 0. The summed E-state index contributed by atoms with van der Waals surface area (Å²) in [4.78, 5) is 14.9. The maximum atomic E-state index is 7.48. The van der Waals surface area contributed by atoms with E-state index in [0.717, 1.165) is 64.5 Å². The van der Waals surface area contributed by atoms with Crippen molar-refractivity contribution in [3.63, 3.8) is 0 Å².